The van der Waals surface area contributed by atoms with Gasteiger partial charge < -0.3 is 0 Å². The predicted molar refractivity (Wildman–Crippen MR) is 66.9 cm³/mol. The molecule has 0 aliphatic rings. The van der Waals surface area contributed by atoms with Gasteiger partial charge >= 0.3 is 6.18 Å². The van der Waals surface area contributed by atoms with Gasteiger partial charge in [-0.2, -0.15) is 13.2 Å². The second-order valence-corrected chi connectivity index (χ2v) is 4.09. The molecule has 0 aliphatic heterocycles. The molecular formula is C15H9F5. The summed E-state index contributed by atoms with van der Waals surface area (Å²) in [6, 6.07) is 9.34. The zero-order valence-corrected chi connectivity index (χ0v) is 10.1. The van der Waals surface area contributed by atoms with Crippen molar-refractivity contribution in [2.45, 2.75) is 6.18 Å². The third kappa shape index (κ3) is 3.44. The molecule has 2 aromatic rings. The van der Waals surface area contributed by atoms with E-state index in [1.54, 1.807) is 6.07 Å². The van der Waals surface area contributed by atoms with E-state index in [0.717, 1.165) is 6.07 Å². The SMILES string of the molecule is Fc1cc(-c2ccccc2F)ccc1/C=C/C(F)(F)F. The van der Waals surface area contributed by atoms with Gasteiger partial charge in [-0.3, -0.25) is 0 Å². The van der Waals surface area contributed by atoms with Gasteiger partial charge in [0, 0.05) is 17.2 Å². The summed E-state index contributed by atoms with van der Waals surface area (Å²) in [5.74, 6) is -1.36. The first kappa shape index (κ1) is 14.2. The Labute approximate surface area is 112 Å². The maximum absolute atomic E-state index is 13.7. The average molecular weight is 284 g/mol. The van der Waals surface area contributed by atoms with Crippen molar-refractivity contribution in [1.29, 1.82) is 0 Å². The van der Waals surface area contributed by atoms with Crippen LogP contribution >= 0.6 is 0 Å². The fraction of sp³-hybridized carbons (Fsp3) is 0.0667. The molecule has 0 fully saturated rings. The third-order valence-corrected chi connectivity index (χ3v) is 2.64. The number of alkyl halides is 3. The molecule has 0 unspecified atom stereocenters. The number of rotatable bonds is 2. The van der Waals surface area contributed by atoms with Crippen LogP contribution in [0.25, 0.3) is 17.2 Å². The van der Waals surface area contributed by atoms with Gasteiger partial charge in [-0.05, 0) is 23.8 Å². The second kappa shape index (κ2) is 5.45. The first-order valence-electron chi connectivity index (χ1n) is 5.67. The van der Waals surface area contributed by atoms with Crippen molar-refractivity contribution in [2.75, 3.05) is 0 Å². The Balaban J connectivity index is 2.36. The van der Waals surface area contributed by atoms with Crippen LogP contribution in [0.15, 0.2) is 48.5 Å². The van der Waals surface area contributed by atoms with Crippen molar-refractivity contribution in [3.8, 4) is 11.1 Å². The molecule has 0 radical (unpaired) electrons. The lowest BCUT2D eigenvalue weighted by Gasteiger charge is -2.05. The van der Waals surface area contributed by atoms with E-state index in [1.807, 2.05) is 0 Å². The highest BCUT2D eigenvalue weighted by atomic mass is 19.4. The summed E-state index contributed by atoms with van der Waals surface area (Å²) in [6.07, 6.45) is -3.91. The van der Waals surface area contributed by atoms with Crippen molar-refractivity contribution < 1.29 is 22.0 Å². The normalized spacial score (nSPS) is 12.1. The Kier molecular flexibility index (Phi) is 3.88. The zero-order chi connectivity index (χ0) is 14.8. The van der Waals surface area contributed by atoms with E-state index in [0.29, 0.717) is 6.08 Å². The van der Waals surface area contributed by atoms with E-state index >= 15 is 0 Å². The van der Waals surface area contributed by atoms with Crippen LogP contribution in [0.5, 0.6) is 0 Å². The molecule has 2 rings (SSSR count). The van der Waals surface area contributed by atoms with Gasteiger partial charge in [-0.15, -0.1) is 0 Å². The van der Waals surface area contributed by atoms with Crippen molar-refractivity contribution in [2.24, 2.45) is 0 Å². The summed E-state index contributed by atoms with van der Waals surface area (Å²) < 4.78 is 63.3. The Morgan fingerprint density at radius 3 is 2.15 bits per heavy atom. The molecule has 0 heterocycles. The Hall–Kier alpha value is -2.17. The Bertz CT molecular complexity index is 641. The van der Waals surface area contributed by atoms with Crippen LogP contribution in [-0.2, 0) is 0 Å². The summed E-state index contributed by atoms with van der Waals surface area (Å²) >= 11 is 0. The Morgan fingerprint density at radius 1 is 0.850 bits per heavy atom. The summed E-state index contributed by atoms with van der Waals surface area (Å²) in [6.45, 7) is 0. The van der Waals surface area contributed by atoms with Gasteiger partial charge in [0.05, 0.1) is 0 Å². The molecule has 0 aliphatic carbocycles. The highest BCUT2D eigenvalue weighted by molar-refractivity contribution is 5.66. The Morgan fingerprint density at radius 2 is 1.55 bits per heavy atom. The minimum atomic E-state index is -4.50. The number of halogens is 5. The highest BCUT2D eigenvalue weighted by Crippen LogP contribution is 2.26. The molecule has 0 N–H and O–H groups in total. The molecule has 20 heavy (non-hydrogen) atoms. The minimum Gasteiger partial charge on any atom is -0.206 e. The molecule has 0 saturated carbocycles. The van der Waals surface area contributed by atoms with Crippen LogP contribution in [0, 0.1) is 11.6 Å². The lowest BCUT2D eigenvalue weighted by atomic mass is 10.0. The minimum absolute atomic E-state index is 0.0474. The molecule has 2 aromatic carbocycles. The van der Waals surface area contributed by atoms with Crippen LogP contribution in [-0.4, -0.2) is 6.18 Å². The molecule has 0 spiro atoms. The molecular weight excluding hydrogens is 275 g/mol. The fourth-order valence-electron chi connectivity index (χ4n) is 1.71. The van der Waals surface area contributed by atoms with Crippen LogP contribution in [0.4, 0.5) is 22.0 Å². The lowest BCUT2D eigenvalue weighted by molar-refractivity contribution is -0.0790. The molecule has 0 amide bonds. The highest BCUT2D eigenvalue weighted by Gasteiger charge is 2.22. The van der Waals surface area contributed by atoms with Gasteiger partial charge in [0.15, 0.2) is 0 Å². The number of allylic oxidation sites excluding steroid dienone is 1. The summed E-state index contributed by atoms with van der Waals surface area (Å²) in [5, 5.41) is 0. The van der Waals surface area contributed by atoms with E-state index in [2.05, 4.69) is 0 Å². The summed E-state index contributed by atoms with van der Waals surface area (Å²) in [5.41, 5.74) is 0.255. The first-order valence-corrected chi connectivity index (χ1v) is 5.67. The van der Waals surface area contributed by atoms with E-state index in [9.17, 15) is 22.0 Å². The van der Waals surface area contributed by atoms with E-state index < -0.39 is 17.8 Å². The molecule has 0 nitrogen and oxygen atoms in total. The van der Waals surface area contributed by atoms with Crippen molar-refractivity contribution in [3.63, 3.8) is 0 Å². The van der Waals surface area contributed by atoms with Crippen molar-refractivity contribution >= 4 is 6.08 Å². The predicted octanol–water partition coefficient (Wildman–Crippen LogP) is 5.21. The molecule has 0 atom stereocenters. The third-order valence-electron chi connectivity index (χ3n) is 2.64. The van der Waals surface area contributed by atoms with Crippen LogP contribution < -0.4 is 0 Å². The summed E-state index contributed by atoms with van der Waals surface area (Å²) in [7, 11) is 0. The average Bonchev–Trinajstić information content (AvgIpc) is 2.37. The van der Waals surface area contributed by atoms with Crippen molar-refractivity contribution in [3.05, 3.63) is 65.7 Å². The standard InChI is InChI=1S/C15H9F5/c16-13-4-2-1-3-12(13)11-6-5-10(14(17)9-11)7-8-15(18,19)20/h1-9H/b8-7+. The quantitative estimate of drug-likeness (QED) is 0.664. The van der Waals surface area contributed by atoms with Gasteiger partial charge in [0.25, 0.3) is 0 Å². The lowest BCUT2D eigenvalue weighted by Crippen LogP contribution is -2.00. The maximum Gasteiger partial charge on any atom is 0.409 e. The number of hydrogen-bond acceptors (Lipinski definition) is 0. The first-order chi connectivity index (χ1) is 9.37. The van der Waals surface area contributed by atoms with Gasteiger partial charge in [0.1, 0.15) is 11.6 Å². The van der Waals surface area contributed by atoms with Gasteiger partial charge in [0.2, 0.25) is 0 Å². The molecule has 0 aromatic heterocycles. The van der Waals surface area contributed by atoms with Gasteiger partial charge in [-0.25, -0.2) is 8.78 Å². The zero-order valence-electron chi connectivity index (χ0n) is 10.1. The second-order valence-electron chi connectivity index (χ2n) is 4.09. The van der Waals surface area contributed by atoms with Crippen LogP contribution in [0.1, 0.15) is 5.56 Å². The molecule has 5 heteroatoms. The van der Waals surface area contributed by atoms with E-state index in [-0.39, 0.29) is 22.8 Å². The molecule has 0 saturated heterocycles. The van der Waals surface area contributed by atoms with Gasteiger partial charge in [-0.1, -0.05) is 30.3 Å². The molecule has 0 bridgehead atoms. The summed E-state index contributed by atoms with van der Waals surface area (Å²) in [4.78, 5) is 0. The van der Waals surface area contributed by atoms with Crippen LogP contribution in [0.3, 0.4) is 0 Å². The fourth-order valence-corrected chi connectivity index (χ4v) is 1.71. The topological polar surface area (TPSA) is 0 Å². The van der Waals surface area contributed by atoms with E-state index in [4.69, 9.17) is 0 Å². The van der Waals surface area contributed by atoms with E-state index in [1.165, 1.54) is 30.3 Å². The smallest absolute Gasteiger partial charge is 0.206 e. The van der Waals surface area contributed by atoms with Crippen molar-refractivity contribution in [1.82, 2.24) is 0 Å². The van der Waals surface area contributed by atoms with Crippen LogP contribution in [0.2, 0.25) is 0 Å². The largest absolute Gasteiger partial charge is 0.409 e. The monoisotopic (exact) mass is 284 g/mol. The number of benzene rings is 2. The molecule has 104 valence electrons. The maximum atomic E-state index is 13.7. The number of hydrogen-bond donors (Lipinski definition) is 0.